The van der Waals surface area contributed by atoms with Gasteiger partial charge in [-0.05, 0) is 18.4 Å². The van der Waals surface area contributed by atoms with Crippen LogP contribution in [0.3, 0.4) is 0 Å². The van der Waals surface area contributed by atoms with Crippen LogP contribution in [0.4, 0.5) is 8.78 Å². The number of halogens is 2. The summed E-state index contributed by atoms with van der Waals surface area (Å²) in [5.74, 6) is -3.86. The molecule has 2 nitrogen and oxygen atoms in total. The van der Waals surface area contributed by atoms with E-state index in [1.54, 1.807) is 18.2 Å². The first-order chi connectivity index (χ1) is 7.85. The van der Waals surface area contributed by atoms with Crippen molar-refractivity contribution < 1.29 is 18.7 Å². The zero-order valence-corrected chi connectivity index (χ0v) is 9.54. The maximum Gasteiger partial charge on any atom is 0.304 e. The Balaban J connectivity index is 2.43. The van der Waals surface area contributed by atoms with Crippen molar-refractivity contribution in [1.29, 1.82) is 0 Å². The Morgan fingerprint density at radius 3 is 2.47 bits per heavy atom. The smallest absolute Gasteiger partial charge is 0.304 e. The summed E-state index contributed by atoms with van der Waals surface area (Å²) in [5.41, 5.74) is -0.115. The molecule has 1 saturated carbocycles. The fraction of sp³-hybridized carbons (Fsp3) is 0.462. The van der Waals surface area contributed by atoms with Gasteiger partial charge in [0.1, 0.15) is 0 Å². The van der Waals surface area contributed by atoms with Gasteiger partial charge >= 0.3 is 5.97 Å². The van der Waals surface area contributed by atoms with Gasteiger partial charge in [-0.1, -0.05) is 24.3 Å². The lowest BCUT2D eigenvalue weighted by Gasteiger charge is -2.21. The summed E-state index contributed by atoms with van der Waals surface area (Å²) in [4.78, 5) is 10.8. The Labute approximate surface area is 98.3 Å². The van der Waals surface area contributed by atoms with Crippen LogP contribution in [0.2, 0.25) is 0 Å². The fourth-order valence-electron chi connectivity index (χ4n) is 2.31. The predicted octanol–water partition coefficient (Wildman–Crippen LogP) is 3.30. The molecular weight excluding hydrogens is 226 g/mol. The van der Waals surface area contributed by atoms with Gasteiger partial charge in [0.2, 0.25) is 0 Å². The standard InChI is InChI=1S/C13H14F2O2/c1-12(14,15)9-4-2-3-5-10(9)13(6-7-13)8-11(16)17/h2-5H,6-8H2,1H3,(H,16,17). The van der Waals surface area contributed by atoms with Crippen molar-refractivity contribution >= 4 is 5.97 Å². The molecule has 0 heterocycles. The molecule has 17 heavy (non-hydrogen) atoms. The number of rotatable bonds is 4. The monoisotopic (exact) mass is 240 g/mol. The van der Waals surface area contributed by atoms with E-state index in [1.165, 1.54) is 6.07 Å². The van der Waals surface area contributed by atoms with Crippen molar-refractivity contribution in [1.82, 2.24) is 0 Å². The molecule has 0 unspecified atom stereocenters. The maximum absolute atomic E-state index is 13.5. The zero-order chi connectivity index (χ0) is 12.7. The van der Waals surface area contributed by atoms with Gasteiger partial charge in [0.25, 0.3) is 5.92 Å². The molecule has 1 aliphatic carbocycles. The van der Waals surface area contributed by atoms with E-state index in [2.05, 4.69) is 0 Å². The van der Waals surface area contributed by atoms with Gasteiger partial charge in [-0.15, -0.1) is 0 Å². The van der Waals surface area contributed by atoms with Crippen LogP contribution in [0.5, 0.6) is 0 Å². The third-order valence-corrected chi connectivity index (χ3v) is 3.31. The van der Waals surface area contributed by atoms with Crippen molar-refractivity contribution in [3.05, 3.63) is 35.4 Å². The lowest BCUT2D eigenvalue weighted by Crippen LogP contribution is -2.19. The summed E-state index contributed by atoms with van der Waals surface area (Å²) in [6.45, 7) is 0.850. The van der Waals surface area contributed by atoms with Gasteiger partial charge in [-0.25, -0.2) is 8.78 Å². The highest BCUT2D eigenvalue weighted by Gasteiger charge is 2.49. The normalized spacial score (nSPS) is 17.8. The van der Waals surface area contributed by atoms with E-state index in [4.69, 9.17) is 5.11 Å². The number of carboxylic acids is 1. The van der Waals surface area contributed by atoms with Crippen LogP contribution >= 0.6 is 0 Å². The summed E-state index contributed by atoms with van der Waals surface area (Å²) in [6.07, 6.45) is 1.28. The van der Waals surface area contributed by atoms with Gasteiger partial charge in [0.05, 0.1) is 6.42 Å². The van der Waals surface area contributed by atoms with Crippen LogP contribution in [-0.2, 0) is 16.1 Å². The minimum atomic E-state index is -2.93. The third kappa shape index (κ3) is 2.30. The third-order valence-electron chi connectivity index (χ3n) is 3.31. The topological polar surface area (TPSA) is 37.3 Å². The van der Waals surface area contributed by atoms with Gasteiger partial charge in [-0.3, -0.25) is 4.79 Å². The molecule has 0 atom stereocenters. The molecule has 1 aromatic rings. The second kappa shape index (κ2) is 3.79. The molecule has 92 valence electrons. The maximum atomic E-state index is 13.5. The molecule has 1 N–H and O–H groups in total. The van der Waals surface area contributed by atoms with Gasteiger partial charge in [0, 0.05) is 17.9 Å². The van der Waals surface area contributed by atoms with Crippen molar-refractivity contribution in [2.75, 3.05) is 0 Å². The fourth-order valence-corrected chi connectivity index (χ4v) is 2.31. The van der Waals surface area contributed by atoms with E-state index in [-0.39, 0.29) is 12.0 Å². The van der Waals surface area contributed by atoms with Crippen LogP contribution in [0.1, 0.15) is 37.3 Å². The molecule has 0 saturated heterocycles. The van der Waals surface area contributed by atoms with E-state index in [0.29, 0.717) is 18.4 Å². The number of carboxylic acid groups (broad SMARTS) is 1. The lowest BCUT2D eigenvalue weighted by molar-refractivity contribution is -0.137. The average molecular weight is 240 g/mol. The molecule has 0 bridgehead atoms. The molecule has 1 aliphatic rings. The first-order valence-corrected chi connectivity index (χ1v) is 5.55. The minimum absolute atomic E-state index is 0.0428. The van der Waals surface area contributed by atoms with Gasteiger partial charge in [-0.2, -0.15) is 0 Å². The summed E-state index contributed by atoms with van der Waals surface area (Å²) in [6, 6.07) is 6.26. The van der Waals surface area contributed by atoms with Crippen LogP contribution in [-0.4, -0.2) is 11.1 Å². The van der Waals surface area contributed by atoms with Crippen LogP contribution in [0.15, 0.2) is 24.3 Å². The van der Waals surface area contributed by atoms with Crippen molar-refractivity contribution in [2.24, 2.45) is 0 Å². The summed E-state index contributed by atoms with van der Waals surface area (Å²) < 4.78 is 26.9. The Bertz CT molecular complexity index is 445. The molecule has 1 aromatic carbocycles. The molecule has 0 radical (unpaired) electrons. The van der Waals surface area contributed by atoms with Crippen molar-refractivity contribution in [2.45, 2.75) is 37.5 Å². The molecular formula is C13H14F2O2. The van der Waals surface area contributed by atoms with E-state index < -0.39 is 17.3 Å². The minimum Gasteiger partial charge on any atom is -0.481 e. The SMILES string of the molecule is CC(F)(F)c1ccccc1C1(CC(=O)O)CC1. The lowest BCUT2D eigenvalue weighted by atomic mass is 9.86. The number of hydrogen-bond donors (Lipinski definition) is 1. The van der Waals surface area contributed by atoms with Crippen molar-refractivity contribution in [3.8, 4) is 0 Å². The Kier molecular flexibility index (Phi) is 2.68. The molecule has 0 aromatic heterocycles. The average Bonchev–Trinajstić information content (AvgIpc) is 2.97. The Hall–Kier alpha value is -1.45. The van der Waals surface area contributed by atoms with E-state index in [1.807, 2.05) is 0 Å². The highest BCUT2D eigenvalue weighted by atomic mass is 19.3. The summed E-state index contributed by atoms with van der Waals surface area (Å²) >= 11 is 0. The molecule has 0 spiro atoms. The number of alkyl halides is 2. The van der Waals surface area contributed by atoms with E-state index in [0.717, 1.165) is 6.92 Å². The number of hydrogen-bond acceptors (Lipinski definition) is 1. The summed E-state index contributed by atoms with van der Waals surface area (Å²) in [7, 11) is 0. The zero-order valence-electron chi connectivity index (χ0n) is 9.54. The number of aliphatic carboxylic acids is 1. The van der Waals surface area contributed by atoms with E-state index >= 15 is 0 Å². The second-order valence-electron chi connectivity index (χ2n) is 4.78. The first-order valence-electron chi connectivity index (χ1n) is 5.55. The Morgan fingerprint density at radius 2 is 2.00 bits per heavy atom. The molecule has 0 aliphatic heterocycles. The highest BCUT2D eigenvalue weighted by Crippen LogP contribution is 2.53. The number of benzene rings is 1. The number of carbonyl (C=O) groups is 1. The van der Waals surface area contributed by atoms with Gasteiger partial charge in [0.15, 0.2) is 0 Å². The molecule has 2 rings (SSSR count). The predicted molar refractivity (Wildman–Crippen MR) is 59.2 cm³/mol. The van der Waals surface area contributed by atoms with Crippen molar-refractivity contribution in [3.63, 3.8) is 0 Å². The largest absolute Gasteiger partial charge is 0.481 e. The highest BCUT2D eigenvalue weighted by molar-refractivity contribution is 5.70. The van der Waals surface area contributed by atoms with Crippen LogP contribution in [0, 0.1) is 0 Å². The van der Waals surface area contributed by atoms with Crippen LogP contribution < -0.4 is 0 Å². The quantitative estimate of drug-likeness (QED) is 0.876. The first kappa shape index (κ1) is 12.0. The molecule has 0 amide bonds. The molecule has 1 fully saturated rings. The van der Waals surface area contributed by atoms with Gasteiger partial charge < -0.3 is 5.11 Å². The Morgan fingerprint density at radius 1 is 1.41 bits per heavy atom. The summed E-state index contributed by atoms with van der Waals surface area (Å²) in [5, 5.41) is 8.86. The van der Waals surface area contributed by atoms with E-state index in [9.17, 15) is 13.6 Å². The second-order valence-corrected chi connectivity index (χ2v) is 4.78. The molecule has 4 heteroatoms. The van der Waals surface area contributed by atoms with Crippen LogP contribution in [0.25, 0.3) is 0 Å².